The van der Waals surface area contributed by atoms with Crippen molar-refractivity contribution >= 4 is 35.3 Å². The molecule has 1 aliphatic carbocycles. The number of furan rings is 1. The van der Waals surface area contributed by atoms with Crippen molar-refractivity contribution < 1.29 is 24.5 Å². The van der Waals surface area contributed by atoms with Gasteiger partial charge in [-0.3, -0.25) is 0 Å². The molecule has 0 aliphatic heterocycles. The number of pyridine rings is 3. The molecule has 0 N–H and O–H groups in total. The summed E-state index contributed by atoms with van der Waals surface area (Å²) in [5, 5.41) is 3.57. The first-order valence-electron chi connectivity index (χ1n) is 16.3. The van der Waals surface area contributed by atoms with E-state index in [1.54, 1.807) is 6.20 Å². The van der Waals surface area contributed by atoms with Crippen LogP contribution in [0.1, 0.15) is 62.1 Å². The maximum absolute atomic E-state index is 6.03. The Morgan fingerprint density at radius 1 is 0.870 bits per heavy atom. The molecule has 0 spiro atoms. The van der Waals surface area contributed by atoms with Crippen molar-refractivity contribution in [1.82, 2.24) is 15.0 Å². The Bertz CT molecular complexity index is 1920. The first-order chi connectivity index (χ1) is 21.7. The Morgan fingerprint density at radius 2 is 1.65 bits per heavy atom. The van der Waals surface area contributed by atoms with Crippen LogP contribution in [0, 0.1) is 25.0 Å². The molecule has 1 saturated carbocycles. The van der Waals surface area contributed by atoms with Crippen LogP contribution in [-0.4, -0.2) is 23.0 Å². The van der Waals surface area contributed by atoms with Crippen LogP contribution in [0.15, 0.2) is 83.7 Å². The number of fused-ring (bicyclic) bond motifs is 3. The van der Waals surface area contributed by atoms with Gasteiger partial charge in [-0.25, -0.2) is 4.98 Å². The van der Waals surface area contributed by atoms with Crippen molar-refractivity contribution in [2.45, 2.75) is 78.4 Å². The van der Waals surface area contributed by atoms with Crippen LogP contribution in [0.25, 0.3) is 44.6 Å². The third-order valence-electron chi connectivity index (χ3n) is 9.02. The molecule has 1 fully saturated rings. The first kappa shape index (κ1) is 33.9. The number of hydrogen-bond acceptors (Lipinski definition) is 4. The molecular formula is C40H43IrN3OSi-2. The minimum atomic E-state index is -1.34. The van der Waals surface area contributed by atoms with Gasteiger partial charge in [-0.2, -0.15) is 0 Å². The van der Waals surface area contributed by atoms with Crippen LogP contribution in [0.2, 0.25) is 19.6 Å². The standard InChI is InChI=1S/C23H21N2O.C17H22NSi.Ir/c1-15-12-21(25-14-17(15)13-16-6-2-3-7-16)20-9-4-8-18-19-10-5-11-24-23(19)26-22(18)20;1-13(2)15-11-16(14-9-7-6-8-10-14)18-12-17(15)19(3,4)5;/h4-5,8,10-12,14,16H,2-3,6-7,13H2,1H3;6-9,11-13H,1-5H3;/q2*-1;. The van der Waals surface area contributed by atoms with Gasteiger partial charge in [0.15, 0.2) is 0 Å². The Morgan fingerprint density at radius 3 is 2.35 bits per heavy atom. The molecule has 0 amide bonds. The van der Waals surface area contributed by atoms with Crippen LogP contribution >= 0.6 is 0 Å². The Hall–Kier alpha value is -3.44. The molecule has 0 bridgehead atoms. The number of nitrogens with zero attached hydrogens (tertiary/aromatic N) is 3. The van der Waals surface area contributed by atoms with E-state index in [-0.39, 0.29) is 20.1 Å². The number of hydrogen-bond donors (Lipinski definition) is 0. The van der Waals surface area contributed by atoms with Crippen molar-refractivity contribution in [3.8, 4) is 22.5 Å². The van der Waals surface area contributed by atoms with Gasteiger partial charge < -0.3 is 14.4 Å². The minimum absolute atomic E-state index is 0. The van der Waals surface area contributed by atoms with Crippen molar-refractivity contribution in [3.05, 3.63) is 108 Å². The van der Waals surface area contributed by atoms with Crippen LogP contribution in [0.4, 0.5) is 0 Å². The zero-order chi connectivity index (χ0) is 31.6. The molecule has 0 atom stereocenters. The van der Waals surface area contributed by atoms with Gasteiger partial charge in [-0.1, -0.05) is 93.4 Å². The third-order valence-corrected chi connectivity index (χ3v) is 11.1. The predicted molar refractivity (Wildman–Crippen MR) is 190 cm³/mol. The SMILES string of the molecule is CC(C)c1cc(-c2[c-]cccc2)ncc1[Si](C)(C)C.Cc1cc(-c2[c-]ccc3c2oc2ncccc23)ncc1CC1CCCC1.[Ir]. The number of benzene rings is 2. The van der Waals surface area contributed by atoms with Crippen molar-refractivity contribution in [2.75, 3.05) is 0 Å². The first-order valence-corrected chi connectivity index (χ1v) is 19.8. The molecule has 4 aromatic heterocycles. The van der Waals surface area contributed by atoms with E-state index in [1.165, 1.54) is 47.6 Å². The van der Waals surface area contributed by atoms with Crippen molar-refractivity contribution in [3.63, 3.8) is 0 Å². The number of rotatable bonds is 6. The average Bonchev–Trinajstić information content (AvgIpc) is 3.70. The fraction of sp³-hybridized carbons (Fsp3) is 0.325. The molecule has 0 saturated heterocycles. The quantitative estimate of drug-likeness (QED) is 0.124. The van der Waals surface area contributed by atoms with E-state index >= 15 is 0 Å². The van der Waals surface area contributed by atoms with Crippen LogP contribution in [0.3, 0.4) is 0 Å². The van der Waals surface area contributed by atoms with Gasteiger partial charge in [0.05, 0.1) is 13.7 Å². The molecule has 1 radical (unpaired) electrons. The molecule has 4 heterocycles. The number of aromatic nitrogens is 3. The smallest absolute Gasteiger partial charge is 0.216 e. The third kappa shape index (κ3) is 7.41. The van der Waals surface area contributed by atoms with Crippen molar-refractivity contribution in [2.24, 2.45) is 5.92 Å². The summed E-state index contributed by atoms with van der Waals surface area (Å²) in [7, 11) is -1.34. The van der Waals surface area contributed by atoms with Gasteiger partial charge in [-0.15, -0.1) is 54.1 Å². The second-order valence-corrected chi connectivity index (χ2v) is 18.8. The maximum atomic E-state index is 6.03. The maximum Gasteiger partial charge on any atom is 0.216 e. The van der Waals surface area contributed by atoms with E-state index in [0.717, 1.165) is 51.2 Å². The molecule has 2 aromatic carbocycles. The van der Waals surface area contributed by atoms with E-state index in [4.69, 9.17) is 9.40 Å². The summed E-state index contributed by atoms with van der Waals surface area (Å²) in [5.74, 6) is 1.37. The molecule has 7 rings (SSSR count). The Balaban J connectivity index is 0.000000187. The molecule has 4 nitrogen and oxygen atoms in total. The minimum Gasteiger partial charge on any atom is -0.486 e. The molecular weight excluding hydrogens is 759 g/mol. The van der Waals surface area contributed by atoms with E-state index in [2.05, 4.69) is 93.1 Å². The largest absolute Gasteiger partial charge is 0.486 e. The van der Waals surface area contributed by atoms with Gasteiger partial charge in [0.1, 0.15) is 0 Å². The van der Waals surface area contributed by atoms with Crippen LogP contribution in [-0.2, 0) is 26.5 Å². The summed E-state index contributed by atoms with van der Waals surface area (Å²) in [6, 6.07) is 27.0. The second kappa shape index (κ2) is 14.5. The summed E-state index contributed by atoms with van der Waals surface area (Å²) in [6.45, 7) is 13.9. The zero-order valence-electron chi connectivity index (χ0n) is 27.8. The van der Waals surface area contributed by atoms with E-state index in [1.807, 2.05) is 42.5 Å². The summed E-state index contributed by atoms with van der Waals surface area (Å²) >= 11 is 0. The monoisotopic (exact) mass is 802 g/mol. The summed E-state index contributed by atoms with van der Waals surface area (Å²) in [4.78, 5) is 13.8. The van der Waals surface area contributed by atoms with E-state index in [0.29, 0.717) is 11.6 Å². The van der Waals surface area contributed by atoms with Gasteiger partial charge in [0, 0.05) is 44.1 Å². The fourth-order valence-corrected chi connectivity index (χ4v) is 8.18. The molecule has 6 heteroatoms. The normalized spacial score (nSPS) is 13.5. The van der Waals surface area contributed by atoms with Gasteiger partial charge in [-0.05, 0) is 59.5 Å². The average molecular weight is 802 g/mol. The Labute approximate surface area is 288 Å². The fourth-order valence-electron chi connectivity index (χ4n) is 6.50. The summed E-state index contributed by atoms with van der Waals surface area (Å²) in [6.07, 6.45) is 12.5. The van der Waals surface area contributed by atoms with E-state index in [9.17, 15) is 0 Å². The molecule has 46 heavy (non-hydrogen) atoms. The zero-order valence-corrected chi connectivity index (χ0v) is 31.2. The van der Waals surface area contributed by atoms with Gasteiger partial charge >= 0.3 is 0 Å². The molecule has 6 aromatic rings. The molecule has 0 unspecified atom stereocenters. The summed E-state index contributed by atoms with van der Waals surface area (Å²) < 4.78 is 6.03. The van der Waals surface area contributed by atoms with Crippen LogP contribution < -0.4 is 5.19 Å². The Kier molecular flexibility index (Phi) is 10.7. The predicted octanol–water partition coefficient (Wildman–Crippen LogP) is 10.1. The topological polar surface area (TPSA) is 51.8 Å². The van der Waals surface area contributed by atoms with Crippen LogP contribution in [0.5, 0.6) is 0 Å². The van der Waals surface area contributed by atoms with Crippen molar-refractivity contribution in [1.29, 1.82) is 0 Å². The molecule has 1 aliphatic rings. The van der Waals surface area contributed by atoms with Gasteiger partial charge in [0.2, 0.25) is 5.71 Å². The number of aryl methyl sites for hydroxylation is 1. The van der Waals surface area contributed by atoms with Gasteiger partial charge in [0.25, 0.3) is 0 Å². The molecule has 239 valence electrons. The summed E-state index contributed by atoms with van der Waals surface area (Å²) in [5.41, 5.74) is 9.55. The van der Waals surface area contributed by atoms with E-state index < -0.39 is 8.07 Å². The second-order valence-electron chi connectivity index (χ2n) is 13.7.